The summed E-state index contributed by atoms with van der Waals surface area (Å²) < 4.78 is 4.25. The molecular weight excluding hydrogens is 460 g/mol. The van der Waals surface area contributed by atoms with Gasteiger partial charge in [0.15, 0.2) is 0 Å². The fraction of sp³-hybridized carbons (Fsp3) is 1.00. The number of hydrogen-bond donors (Lipinski definition) is 0. The average molecular weight is 529 g/mol. The SMILES string of the molecule is CC(C)[C@@H]1CCC2(CC2)N1C(C)C.CC(C)[C@@H]1CCC2(CCC2)N1C(C)C.CCC.COC.CSC. The Hall–Kier alpha value is 0.230. The number of thioether (sulfide) groups is 1. The Morgan fingerprint density at radius 3 is 1.11 bits per heavy atom. The zero-order valence-electron chi connectivity index (χ0n) is 27.2. The van der Waals surface area contributed by atoms with E-state index in [1.807, 2.05) is 12.5 Å². The van der Waals surface area contributed by atoms with Crippen molar-refractivity contribution >= 4 is 11.8 Å². The van der Waals surface area contributed by atoms with Crippen molar-refractivity contribution in [2.75, 3.05) is 26.7 Å². The molecular formula is C32H68N2OS. The Balaban J connectivity index is 0.000000515. The van der Waals surface area contributed by atoms with Gasteiger partial charge in [0.2, 0.25) is 0 Å². The van der Waals surface area contributed by atoms with Crippen LogP contribution in [0.5, 0.6) is 0 Å². The lowest BCUT2D eigenvalue weighted by Gasteiger charge is -2.50. The van der Waals surface area contributed by atoms with Crippen LogP contribution in [0.4, 0.5) is 0 Å². The summed E-state index contributed by atoms with van der Waals surface area (Å²) in [5.41, 5.74) is 1.31. The van der Waals surface area contributed by atoms with Gasteiger partial charge in [0.05, 0.1) is 0 Å². The van der Waals surface area contributed by atoms with Gasteiger partial charge >= 0.3 is 0 Å². The highest BCUT2D eigenvalue weighted by molar-refractivity contribution is 7.97. The molecule has 2 saturated carbocycles. The normalized spacial score (nSPS) is 25.5. The maximum absolute atomic E-state index is 4.25. The van der Waals surface area contributed by atoms with Crippen molar-refractivity contribution < 1.29 is 4.74 Å². The van der Waals surface area contributed by atoms with E-state index in [-0.39, 0.29) is 0 Å². The third-order valence-corrected chi connectivity index (χ3v) is 8.38. The number of rotatable bonds is 4. The van der Waals surface area contributed by atoms with Crippen LogP contribution in [0.25, 0.3) is 0 Å². The predicted molar refractivity (Wildman–Crippen MR) is 167 cm³/mol. The molecule has 36 heavy (non-hydrogen) atoms. The Bertz CT molecular complexity index is 536. The highest BCUT2D eigenvalue weighted by Crippen LogP contribution is 2.54. The molecule has 3 nitrogen and oxygen atoms in total. The molecule has 0 aromatic heterocycles. The van der Waals surface area contributed by atoms with E-state index < -0.39 is 0 Å². The van der Waals surface area contributed by atoms with Crippen molar-refractivity contribution in [2.24, 2.45) is 11.8 Å². The first-order valence-electron chi connectivity index (χ1n) is 15.3. The zero-order valence-corrected chi connectivity index (χ0v) is 28.1. The summed E-state index contributed by atoms with van der Waals surface area (Å²) in [6, 6.07) is 3.21. The van der Waals surface area contributed by atoms with E-state index in [4.69, 9.17) is 0 Å². The van der Waals surface area contributed by atoms with Gasteiger partial charge in [-0.15, -0.1) is 0 Å². The van der Waals surface area contributed by atoms with Crippen LogP contribution < -0.4 is 0 Å². The minimum Gasteiger partial charge on any atom is -0.388 e. The third-order valence-electron chi connectivity index (χ3n) is 8.38. The molecule has 0 bridgehead atoms. The van der Waals surface area contributed by atoms with E-state index in [1.54, 1.807) is 26.0 Å². The third kappa shape index (κ3) is 10.1. The van der Waals surface area contributed by atoms with Crippen LogP contribution >= 0.6 is 11.8 Å². The summed E-state index contributed by atoms with van der Waals surface area (Å²) in [6.07, 6.45) is 18.5. The fourth-order valence-electron chi connectivity index (χ4n) is 6.99. The van der Waals surface area contributed by atoms with E-state index in [0.29, 0.717) is 11.1 Å². The monoisotopic (exact) mass is 529 g/mol. The standard InChI is InChI=1S/C13H25N.C12H23N.C3H8.C2H6O.C2H6S/c1-10(2)12-6-9-13(7-5-8-13)14(12)11(3)4;1-9(2)11-5-6-12(7-8-12)13(11)10(3)4;3*1-3-2/h10-12H,5-9H2,1-4H3;9-11H,5-8H2,1-4H3;3H2,1-2H3;2*1-2H3/t12-;11-;;;/m00.../s1. The Morgan fingerprint density at radius 2 is 0.944 bits per heavy atom. The Kier molecular flexibility index (Phi) is 17.9. The van der Waals surface area contributed by atoms with Gasteiger partial charge in [-0.25, -0.2) is 0 Å². The highest BCUT2D eigenvalue weighted by atomic mass is 32.2. The second kappa shape index (κ2) is 17.7. The summed E-state index contributed by atoms with van der Waals surface area (Å²) >= 11 is 1.75. The van der Waals surface area contributed by atoms with E-state index in [0.717, 1.165) is 36.0 Å². The molecule has 4 fully saturated rings. The molecule has 2 atom stereocenters. The molecule has 2 aliphatic heterocycles. The lowest BCUT2D eigenvalue weighted by Crippen LogP contribution is -2.55. The van der Waals surface area contributed by atoms with Gasteiger partial charge in [0, 0.05) is 49.5 Å². The molecule has 2 spiro atoms. The highest BCUT2D eigenvalue weighted by Gasteiger charge is 2.55. The average Bonchev–Trinajstić information content (AvgIpc) is 3.22. The van der Waals surface area contributed by atoms with E-state index in [9.17, 15) is 0 Å². The largest absolute Gasteiger partial charge is 0.388 e. The summed E-state index contributed by atoms with van der Waals surface area (Å²) in [5, 5.41) is 0. The molecule has 4 heteroatoms. The van der Waals surface area contributed by atoms with Crippen LogP contribution in [0.3, 0.4) is 0 Å². The van der Waals surface area contributed by atoms with Crippen molar-refractivity contribution in [1.29, 1.82) is 0 Å². The number of ether oxygens (including phenoxy) is 1. The second-order valence-electron chi connectivity index (χ2n) is 13.0. The molecule has 0 N–H and O–H groups in total. The first-order chi connectivity index (χ1) is 16.9. The molecule has 4 aliphatic rings. The zero-order chi connectivity index (χ0) is 28.1. The van der Waals surface area contributed by atoms with Gasteiger partial charge in [0.25, 0.3) is 0 Å². The summed E-state index contributed by atoms with van der Waals surface area (Å²) in [5.74, 6) is 1.67. The topological polar surface area (TPSA) is 15.7 Å². The van der Waals surface area contributed by atoms with Crippen molar-refractivity contribution in [1.82, 2.24) is 9.80 Å². The van der Waals surface area contributed by atoms with Crippen LogP contribution in [0.2, 0.25) is 0 Å². The van der Waals surface area contributed by atoms with Crippen LogP contribution in [-0.2, 0) is 4.74 Å². The molecule has 0 aromatic rings. The molecule has 2 heterocycles. The number of nitrogens with zero attached hydrogens (tertiary/aromatic N) is 2. The van der Waals surface area contributed by atoms with Gasteiger partial charge in [-0.1, -0.05) is 48.0 Å². The van der Waals surface area contributed by atoms with Crippen LogP contribution in [0.1, 0.15) is 133 Å². The molecule has 2 aliphatic carbocycles. The first kappa shape index (κ1) is 36.2. The van der Waals surface area contributed by atoms with Crippen molar-refractivity contribution in [3.63, 3.8) is 0 Å². The lowest BCUT2D eigenvalue weighted by molar-refractivity contribution is -0.00648. The van der Waals surface area contributed by atoms with Gasteiger partial charge in [-0.2, -0.15) is 11.8 Å². The summed E-state index contributed by atoms with van der Waals surface area (Å²) in [7, 11) is 3.25. The minimum absolute atomic E-state index is 0.642. The molecule has 218 valence electrons. The number of hydrogen-bond acceptors (Lipinski definition) is 4. The maximum Gasteiger partial charge on any atom is 0.0351 e. The number of methoxy groups -OCH3 is 1. The molecule has 0 unspecified atom stereocenters. The van der Waals surface area contributed by atoms with Crippen molar-refractivity contribution in [3.05, 3.63) is 0 Å². The summed E-state index contributed by atoms with van der Waals surface area (Å²) in [6.45, 7) is 23.3. The molecule has 4 rings (SSSR count). The quantitative estimate of drug-likeness (QED) is 0.361. The first-order valence-corrected chi connectivity index (χ1v) is 16.9. The van der Waals surface area contributed by atoms with E-state index in [2.05, 4.69) is 83.8 Å². The molecule has 2 saturated heterocycles. The van der Waals surface area contributed by atoms with Gasteiger partial charge < -0.3 is 4.74 Å². The lowest BCUT2D eigenvalue weighted by atomic mass is 9.74. The van der Waals surface area contributed by atoms with E-state index in [1.165, 1.54) is 64.2 Å². The fourth-order valence-corrected chi connectivity index (χ4v) is 6.99. The van der Waals surface area contributed by atoms with Crippen molar-refractivity contribution in [2.45, 2.75) is 169 Å². The maximum atomic E-state index is 4.25. The smallest absolute Gasteiger partial charge is 0.0351 e. The second-order valence-corrected chi connectivity index (χ2v) is 13.8. The van der Waals surface area contributed by atoms with Crippen molar-refractivity contribution in [3.8, 4) is 0 Å². The summed E-state index contributed by atoms with van der Waals surface area (Å²) in [4.78, 5) is 5.67. The Labute approximate surface area is 233 Å². The van der Waals surface area contributed by atoms with E-state index >= 15 is 0 Å². The van der Waals surface area contributed by atoms with Gasteiger partial charge in [-0.05, 0) is 110 Å². The van der Waals surface area contributed by atoms with Crippen LogP contribution in [0, 0.1) is 11.8 Å². The van der Waals surface area contributed by atoms with Gasteiger partial charge in [-0.3, -0.25) is 9.80 Å². The van der Waals surface area contributed by atoms with Crippen LogP contribution in [-0.4, -0.2) is 71.8 Å². The molecule has 0 amide bonds. The Morgan fingerprint density at radius 1 is 0.667 bits per heavy atom. The van der Waals surface area contributed by atoms with Gasteiger partial charge in [0.1, 0.15) is 0 Å². The number of likely N-dealkylation sites (tertiary alicyclic amines) is 2. The molecule has 0 radical (unpaired) electrons. The predicted octanol–water partition coefficient (Wildman–Crippen LogP) is 9.14. The van der Waals surface area contributed by atoms with Crippen LogP contribution in [0.15, 0.2) is 0 Å². The minimum atomic E-state index is 0.642. The molecule has 0 aromatic carbocycles.